The average molecular weight is 409 g/mol. The van der Waals surface area contributed by atoms with E-state index in [0.29, 0.717) is 18.0 Å². The van der Waals surface area contributed by atoms with Crippen LogP contribution in [-0.4, -0.2) is 44.0 Å². The molecule has 5 heteroatoms. The normalized spacial score (nSPS) is 11.5. The number of benzene rings is 2. The molecule has 2 rings (SSSR count). The van der Waals surface area contributed by atoms with Gasteiger partial charge in [0.2, 0.25) is 0 Å². The maximum atomic E-state index is 12.0. The smallest absolute Gasteiger partial charge is 0.253 e. The fourth-order valence-electron chi connectivity index (χ4n) is 3.09. The third kappa shape index (κ3) is 7.54. The Morgan fingerprint density at radius 1 is 0.967 bits per heavy atom. The van der Waals surface area contributed by atoms with Crippen LogP contribution < -0.4 is 10.6 Å². The Labute approximate surface area is 181 Å². The number of hydrogen-bond acceptors (Lipinski definition) is 2. The lowest BCUT2D eigenvalue weighted by Crippen LogP contribution is -2.37. The number of amides is 1. The van der Waals surface area contributed by atoms with Gasteiger partial charge in [-0.25, -0.2) is 4.99 Å². The summed E-state index contributed by atoms with van der Waals surface area (Å²) in [6.45, 7) is 8.76. The van der Waals surface area contributed by atoms with E-state index < -0.39 is 0 Å². The summed E-state index contributed by atoms with van der Waals surface area (Å²) in [5, 5.41) is 6.71. The number of guanidine groups is 1. The first kappa shape index (κ1) is 23.5. The molecule has 0 saturated carbocycles. The van der Waals surface area contributed by atoms with Crippen LogP contribution in [0, 0.1) is 0 Å². The van der Waals surface area contributed by atoms with Crippen molar-refractivity contribution in [1.82, 2.24) is 15.5 Å². The minimum atomic E-state index is 0.0129. The van der Waals surface area contributed by atoms with Gasteiger partial charge in [-0.1, -0.05) is 50.2 Å². The van der Waals surface area contributed by atoms with Crippen molar-refractivity contribution in [2.45, 2.75) is 46.1 Å². The van der Waals surface area contributed by atoms with E-state index in [1.807, 2.05) is 24.3 Å². The summed E-state index contributed by atoms with van der Waals surface area (Å²) in [4.78, 5) is 18.2. The van der Waals surface area contributed by atoms with E-state index in [9.17, 15) is 4.79 Å². The van der Waals surface area contributed by atoms with Crippen LogP contribution in [0.1, 0.15) is 60.2 Å². The Hall–Kier alpha value is -2.82. The first-order chi connectivity index (χ1) is 14.4. The lowest BCUT2D eigenvalue weighted by molar-refractivity contribution is 0.0827. The maximum absolute atomic E-state index is 12.0. The summed E-state index contributed by atoms with van der Waals surface area (Å²) in [6, 6.07) is 16.6. The van der Waals surface area contributed by atoms with Gasteiger partial charge in [-0.15, -0.1) is 0 Å². The zero-order valence-electron chi connectivity index (χ0n) is 19.0. The molecule has 30 heavy (non-hydrogen) atoms. The molecule has 0 aliphatic carbocycles. The number of carbonyl (C=O) groups is 1. The topological polar surface area (TPSA) is 56.7 Å². The van der Waals surface area contributed by atoms with Crippen LogP contribution in [0.3, 0.4) is 0 Å². The average Bonchev–Trinajstić information content (AvgIpc) is 2.75. The van der Waals surface area contributed by atoms with Gasteiger partial charge in [0.1, 0.15) is 0 Å². The molecular formula is C25H36N4O. The molecule has 0 aliphatic heterocycles. The SMILES string of the molecule is CCNC(=NCc1ccc(C(=O)N(C)C)cc1)NCCCc1ccc(C(C)C)cc1. The third-order valence-corrected chi connectivity index (χ3v) is 4.95. The lowest BCUT2D eigenvalue weighted by Gasteiger charge is -2.12. The molecule has 2 aromatic rings. The van der Waals surface area contributed by atoms with Crippen LogP contribution in [0.2, 0.25) is 0 Å². The third-order valence-electron chi connectivity index (χ3n) is 4.95. The number of rotatable bonds is 9. The van der Waals surface area contributed by atoms with Crippen molar-refractivity contribution >= 4 is 11.9 Å². The molecule has 0 bridgehead atoms. The van der Waals surface area contributed by atoms with Gasteiger partial charge in [0.15, 0.2) is 5.96 Å². The van der Waals surface area contributed by atoms with Gasteiger partial charge in [0, 0.05) is 32.7 Å². The highest BCUT2D eigenvalue weighted by Crippen LogP contribution is 2.15. The van der Waals surface area contributed by atoms with E-state index in [2.05, 4.69) is 60.7 Å². The molecule has 0 spiro atoms. The van der Waals surface area contributed by atoms with E-state index in [1.54, 1.807) is 19.0 Å². The predicted octanol–water partition coefficient (Wildman–Crippen LogP) is 4.20. The molecule has 5 nitrogen and oxygen atoms in total. The molecule has 0 atom stereocenters. The molecule has 2 N–H and O–H groups in total. The Bertz CT molecular complexity index is 808. The molecule has 0 unspecified atom stereocenters. The fraction of sp³-hybridized carbons (Fsp3) is 0.440. The van der Waals surface area contributed by atoms with E-state index in [0.717, 1.165) is 37.5 Å². The van der Waals surface area contributed by atoms with Crippen LogP contribution in [0.15, 0.2) is 53.5 Å². The highest BCUT2D eigenvalue weighted by molar-refractivity contribution is 5.93. The molecule has 0 radical (unpaired) electrons. The molecule has 2 aromatic carbocycles. The monoisotopic (exact) mass is 408 g/mol. The second-order valence-electron chi connectivity index (χ2n) is 8.02. The molecule has 0 aromatic heterocycles. The van der Waals surface area contributed by atoms with Crippen molar-refractivity contribution < 1.29 is 4.79 Å². The van der Waals surface area contributed by atoms with Gasteiger partial charge >= 0.3 is 0 Å². The molecule has 0 heterocycles. The van der Waals surface area contributed by atoms with Gasteiger partial charge in [0.25, 0.3) is 5.91 Å². The maximum Gasteiger partial charge on any atom is 0.253 e. The van der Waals surface area contributed by atoms with Crippen LogP contribution in [0.4, 0.5) is 0 Å². The van der Waals surface area contributed by atoms with Crippen molar-refractivity contribution in [1.29, 1.82) is 0 Å². The van der Waals surface area contributed by atoms with Crippen LogP contribution >= 0.6 is 0 Å². The largest absolute Gasteiger partial charge is 0.357 e. The van der Waals surface area contributed by atoms with Gasteiger partial charge in [-0.05, 0) is 54.5 Å². The second kappa shape index (κ2) is 12.0. The minimum Gasteiger partial charge on any atom is -0.357 e. The van der Waals surface area contributed by atoms with Crippen molar-refractivity contribution in [3.63, 3.8) is 0 Å². The number of nitrogens with one attached hydrogen (secondary N) is 2. The Morgan fingerprint density at radius 3 is 2.17 bits per heavy atom. The number of hydrogen-bond donors (Lipinski definition) is 2. The standard InChI is InChI=1S/C25H36N4O/c1-6-26-25(27-17-7-8-20-9-13-22(14-10-20)19(2)3)28-18-21-11-15-23(16-12-21)24(30)29(4)5/h9-16,19H,6-8,17-18H2,1-5H3,(H2,26,27,28). The quantitative estimate of drug-likeness (QED) is 0.371. The second-order valence-corrected chi connectivity index (χ2v) is 8.02. The van der Waals surface area contributed by atoms with E-state index in [4.69, 9.17) is 0 Å². The Kier molecular flexibility index (Phi) is 9.39. The fourth-order valence-corrected chi connectivity index (χ4v) is 3.09. The lowest BCUT2D eigenvalue weighted by atomic mass is 10.0. The summed E-state index contributed by atoms with van der Waals surface area (Å²) in [6.07, 6.45) is 2.10. The highest BCUT2D eigenvalue weighted by Gasteiger charge is 2.07. The molecule has 0 aliphatic rings. The zero-order valence-corrected chi connectivity index (χ0v) is 19.0. The van der Waals surface area contributed by atoms with Gasteiger partial charge < -0.3 is 15.5 Å². The van der Waals surface area contributed by atoms with Gasteiger partial charge in [0.05, 0.1) is 6.54 Å². The molecular weight excluding hydrogens is 372 g/mol. The molecule has 0 saturated heterocycles. The molecule has 162 valence electrons. The van der Waals surface area contributed by atoms with Crippen molar-refractivity contribution in [3.05, 3.63) is 70.8 Å². The van der Waals surface area contributed by atoms with Crippen molar-refractivity contribution in [2.75, 3.05) is 27.2 Å². The number of carbonyl (C=O) groups excluding carboxylic acids is 1. The summed E-state index contributed by atoms with van der Waals surface area (Å²) < 4.78 is 0. The summed E-state index contributed by atoms with van der Waals surface area (Å²) in [5.41, 5.74) is 4.53. The first-order valence-corrected chi connectivity index (χ1v) is 10.8. The number of aliphatic imine (C=N–C) groups is 1. The molecule has 0 fully saturated rings. The van der Waals surface area contributed by atoms with E-state index in [1.165, 1.54) is 11.1 Å². The van der Waals surface area contributed by atoms with Crippen LogP contribution in [-0.2, 0) is 13.0 Å². The van der Waals surface area contributed by atoms with Crippen molar-refractivity contribution in [2.24, 2.45) is 4.99 Å². The number of nitrogens with zero attached hydrogens (tertiary/aromatic N) is 2. The molecule has 1 amide bonds. The summed E-state index contributed by atoms with van der Waals surface area (Å²) in [7, 11) is 3.52. The van der Waals surface area contributed by atoms with E-state index in [-0.39, 0.29) is 5.91 Å². The van der Waals surface area contributed by atoms with Gasteiger partial charge in [-0.2, -0.15) is 0 Å². The minimum absolute atomic E-state index is 0.0129. The number of aryl methyl sites for hydroxylation is 1. The summed E-state index contributed by atoms with van der Waals surface area (Å²) in [5.74, 6) is 1.41. The summed E-state index contributed by atoms with van der Waals surface area (Å²) >= 11 is 0. The van der Waals surface area contributed by atoms with Crippen LogP contribution in [0.25, 0.3) is 0 Å². The highest BCUT2D eigenvalue weighted by atomic mass is 16.2. The Balaban J connectivity index is 1.83. The first-order valence-electron chi connectivity index (χ1n) is 10.8. The Morgan fingerprint density at radius 2 is 1.60 bits per heavy atom. The van der Waals surface area contributed by atoms with Crippen LogP contribution in [0.5, 0.6) is 0 Å². The zero-order chi connectivity index (χ0) is 21.9. The predicted molar refractivity (Wildman–Crippen MR) is 126 cm³/mol. The van der Waals surface area contributed by atoms with E-state index >= 15 is 0 Å². The van der Waals surface area contributed by atoms with Crippen molar-refractivity contribution in [3.8, 4) is 0 Å². The van der Waals surface area contributed by atoms with Gasteiger partial charge in [-0.3, -0.25) is 4.79 Å².